The third-order valence-electron chi connectivity index (χ3n) is 3.76. The SMILES string of the molecule is C=CCC1(O)CCC(C(C)C)C(C)C1. The van der Waals surface area contributed by atoms with E-state index < -0.39 is 5.60 Å². The maximum absolute atomic E-state index is 10.3. The first-order chi connectivity index (χ1) is 6.48. The highest BCUT2D eigenvalue weighted by Crippen LogP contribution is 2.41. The fourth-order valence-corrected chi connectivity index (χ4v) is 3.02. The second-order valence-electron chi connectivity index (χ2n) is 5.35. The van der Waals surface area contributed by atoms with Crippen LogP contribution in [-0.4, -0.2) is 10.7 Å². The predicted octanol–water partition coefficient (Wildman–Crippen LogP) is 3.39. The van der Waals surface area contributed by atoms with Crippen LogP contribution in [0.4, 0.5) is 0 Å². The van der Waals surface area contributed by atoms with Gasteiger partial charge in [-0.15, -0.1) is 6.58 Å². The van der Waals surface area contributed by atoms with Crippen LogP contribution in [0, 0.1) is 17.8 Å². The van der Waals surface area contributed by atoms with Crippen molar-refractivity contribution in [3.8, 4) is 0 Å². The lowest BCUT2D eigenvalue weighted by Crippen LogP contribution is -2.39. The Hall–Kier alpha value is -0.300. The smallest absolute Gasteiger partial charge is 0.0684 e. The molecule has 3 atom stereocenters. The van der Waals surface area contributed by atoms with Gasteiger partial charge in [-0.2, -0.15) is 0 Å². The number of rotatable bonds is 3. The van der Waals surface area contributed by atoms with Crippen molar-refractivity contribution in [1.29, 1.82) is 0 Å². The Bertz CT molecular complexity index is 197. The van der Waals surface area contributed by atoms with Gasteiger partial charge < -0.3 is 5.11 Å². The first-order valence-electron chi connectivity index (χ1n) is 5.82. The zero-order valence-electron chi connectivity index (χ0n) is 9.79. The van der Waals surface area contributed by atoms with Crippen LogP contribution in [0.3, 0.4) is 0 Å². The monoisotopic (exact) mass is 196 g/mol. The van der Waals surface area contributed by atoms with E-state index in [4.69, 9.17) is 0 Å². The molecule has 1 aliphatic rings. The van der Waals surface area contributed by atoms with Crippen LogP contribution in [0.25, 0.3) is 0 Å². The third kappa shape index (κ3) is 2.60. The molecule has 0 bridgehead atoms. The first-order valence-corrected chi connectivity index (χ1v) is 5.82. The largest absolute Gasteiger partial charge is 0.390 e. The zero-order valence-corrected chi connectivity index (χ0v) is 9.79. The number of hydrogen-bond donors (Lipinski definition) is 1. The zero-order chi connectivity index (χ0) is 10.8. The molecule has 0 aromatic heterocycles. The van der Waals surface area contributed by atoms with E-state index in [-0.39, 0.29) is 0 Å². The molecule has 14 heavy (non-hydrogen) atoms. The highest BCUT2D eigenvalue weighted by atomic mass is 16.3. The van der Waals surface area contributed by atoms with Crippen LogP contribution in [0.15, 0.2) is 12.7 Å². The Morgan fingerprint density at radius 1 is 1.57 bits per heavy atom. The summed E-state index contributed by atoms with van der Waals surface area (Å²) in [6, 6.07) is 0. The van der Waals surface area contributed by atoms with Crippen molar-refractivity contribution in [1.82, 2.24) is 0 Å². The molecule has 0 spiro atoms. The Labute approximate surface area is 88.2 Å². The summed E-state index contributed by atoms with van der Waals surface area (Å²) < 4.78 is 0. The van der Waals surface area contributed by atoms with Crippen molar-refractivity contribution in [2.24, 2.45) is 17.8 Å². The molecule has 1 saturated carbocycles. The molecule has 1 N–H and O–H groups in total. The molecule has 0 aromatic carbocycles. The maximum atomic E-state index is 10.3. The molecular weight excluding hydrogens is 172 g/mol. The van der Waals surface area contributed by atoms with Crippen molar-refractivity contribution in [2.45, 2.75) is 52.1 Å². The van der Waals surface area contributed by atoms with E-state index >= 15 is 0 Å². The molecule has 0 aliphatic heterocycles. The van der Waals surface area contributed by atoms with E-state index in [9.17, 15) is 5.11 Å². The molecule has 1 rings (SSSR count). The summed E-state index contributed by atoms with van der Waals surface area (Å²) in [6.45, 7) is 10.6. The highest BCUT2D eigenvalue weighted by molar-refractivity contribution is 4.93. The van der Waals surface area contributed by atoms with Crippen molar-refractivity contribution < 1.29 is 5.11 Å². The fourth-order valence-electron chi connectivity index (χ4n) is 3.02. The molecule has 0 saturated heterocycles. The Balaban J connectivity index is 2.58. The predicted molar refractivity (Wildman–Crippen MR) is 61.1 cm³/mol. The minimum atomic E-state index is -0.452. The lowest BCUT2D eigenvalue weighted by Gasteiger charge is -2.41. The van der Waals surface area contributed by atoms with Crippen molar-refractivity contribution in [2.75, 3.05) is 0 Å². The Kier molecular flexibility index (Phi) is 3.77. The molecule has 1 heteroatoms. The normalized spacial score (nSPS) is 38.6. The first kappa shape index (κ1) is 11.8. The summed E-state index contributed by atoms with van der Waals surface area (Å²) >= 11 is 0. The lowest BCUT2D eigenvalue weighted by atomic mass is 9.68. The summed E-state index contributed by atoms with van der Waals surface area (Å²) in [4.78, 5) is 0. The molecule has 1 aliphatic carbocycles. The van der Waals surface area contributed by atoms with Crippen LogP contribution in [0.5, 0.6) is 0 Å². The topological polar surface area (TPSA) is 20.2 Å². The van der Waals surface area contributed by atoms with Gasteiger partial charge >= 0.3 is 0 Å². The quantitative estimate of drug-likeness (QED) is 0.686. The molecule has 0 radical (unpaired) electrons. The van der Waals surface area contributed by atoms with Crippen molar-refractivity contribution >= 4 is 0 Å². The van der Waals surface area contributed by atoms with E-state index in [0.717, 1.165) is 31.1 Å². The standard InChI is InChI=1S/C13H24O/c1-5-7-13(14)8-6-12(10(2)3)11(4)9-13/h5,10-12,14H,1,6-9H2,2-4H3. The van der Waals surface area contributed by atoms with Crippen LogP contribution in [0.2, 0.25) is 0 Å². The van der Waals surface area contributed by atoms with Crippen LogP contribution < -0.4 is 0 Å². The van der Waals surface area contributed by atoms with E-state index in [1.807, 2.05) is 6.08 Å². The molecule has 1 nitrogen and oxygen atoms in total. The minimum absolute atomic E-state index is 0.452. The molecule has 82 valence electrons. The van der Waals surface area contributed by atoms with E-state index in [1.54, 1.807) is 0 Å². The summed E-state index contributed by atoms with van der Waals surface area (Å²) in [5.74, 6) is 2.19. The maximum Gasteiger partial charge on any atom is 0.0684 e. The molecule has 3 unspecified atom stereocenters. The van der Waals surface area contributed by atoms with Gasteiger partial charge in [-0.1, -0.05) is 26.8 Å². The van der Waals surface area contributed by atoms with E-state index in [2.05, 4.69) is 27.4 Å². The molecular formula is C13H24O. The van der Waals surface area contributed by atoms with Gasteiger partial charge in [0.2, 0.25) is 0 Å². The van der Waals surface area contributed by atoms with Crippen molar-refractivity contribution in [3.05, 3.63) is 12.7 Å². The van der Waals surface area contributed by atoms with Crippen LogP contribution >= 0.6 is 0 Å². The van der Waals surface area contributed by atoms with E-state index in [1.165, 1.54) is 6.42 Å². The summed E-state index contributed by atoms with van der Waals surface area (Å²) in [7, 11) is 0. The van der Waals surface area contributed by atoms with Gasteiger partial charge in [0.1, 0.15) is 0 Å². The second kappa shape index (κ2) is 4.48. The van der Waals surface area contributed by atoms with Gasteiger partial charge in [0.05, 0.1) is 5.60 Å². The van der Waals surface area contributed by atoms with Crippen molar-refractivity contribution in [3.63, 3.8) is 0 Å². The fraction of sp³-hybridized carbons (Fsp3) is 0.846. The third-order valence-corrected chi connectivity index (χ3v) is 3.76. The van der Waals surface area contributed by atoms with Crippen LogP contribution in [0.1, 0.15) is 46.5 Å². The molecule has 0 amide bonds. The average Bonchev–Trinajstić information content (AvgIpc) is 2.02. The Morgan fingerprint density at radius 2 is 2.21 bits per heavy atom. The van der Waals surface area contributed by atoms with E-state index in [0.29, 0.717) is 5.92 Å². The highest BCUT2D eigenvalue weighted by Gasteiger charge is 2.37. The van der Waals surface area contributed by atoms with Crippen LogP contribution in [-0.2, 0) is 0 Å². The minimum Gasteiger partial charge on any atom is -0.390 e. The second-order valence-corrected chi connectivity index (χ2v) is 5.35. The molecule has 0 aromatic rings. The van der Waals surface area contributed by atoms with Gasteiger partial charge in [-0.25, -0.2) is 0 Å². The summed E-state index contributed by atoms with van der Waals surface area (Å²) in [5, 5.41) is 10.3. The van der Waals surface area contributed by atoms with Gasteiger partial charge in [0.25, 0.3) is 0 Å². The number of hydrogen-bond acceptors (Lipinski definition) is 1. The van der Waals surface area contributed by atoms with Gasteiger partial charge in [0, 0.05) is 0 Å². The Morgan fingerprint density at radius 3 is 2.64 bits per heavy atom. The van der Waals surface area contributed by atoms with Gasteiger partial charge in [-0.3, -0.25) is 0 Å². The molecule has 0 heterocycles. The average molecular weight is 196 g/mol. The number of aliphatic hydroxyl groups is 1. The summed E-state index contributed by atoms with van der Waals surface area (Å²) in [6.07, 6.45) is 5.67. The van der Waals surface area contributed by atoms with Gasteiger partial charge in [-0.05, 0) is 43.4 Å². The van der Waals surface area contributed by atoms with Gasteiger partial charge in [0.15, 0.2) is 0 Å². The summed E-state index contributed by atoms with van der Waals surface area (Å²) in [5.41, 5.74) is -0.452. The molecule has 1 fully saturated rings. The lowest BCUT2D eigenvalue weighted by molar-refractivity contribution is -0.0365.